The zero-order chi connectivity index (χ0) is 18.1. The maximum absolute atomic E-state index is 6.10. The van der Waals surface area contributed by atoms with Gasteiger partial charge in [0.05, 0.1) is 11.9 Å². The molecule has 1 aliphatic heterocycles. The van der Waals surface area contributed by atoms with Crippen molar-refractivity contribution in [1.29, 1.82) is 0 Å². The van der Waals surface area contributed by atoms with E-state index in [1.54, 1.807) is 6.26 Å². The largest absolute Gasteiger partial charge is 0.469 e. The van der Waals surface area contributed by atoms with Crippen LogP contribution in [0.1, 0.15) is 63.5 Å². The number of furan rings is 1. The molecule has 5 rings (SSSR count). The third kappa shape index (κ3) is 4.53. The van der Waals surface area contributed by atoms with E-state index in [9.17, 15) is 0 Å². The van der Waals surface area contributed by atoms with Gasteiger partial charge in [0.15, 0.2) is 5.96 Å². The van der Waals surface area contributed by atoms with Crippen LogP contribution in [-0.4, -0.2) is 36.8 Å². The lowest BCUT2D eigenvalue weighted by Crippen LogP contribution is -2.55. The Bertz CT molecular complexity index is 659. The van der Waals surface area contributed by atoms with Gasteiger partial charge < -0.3 is 19.8 Å². The van der Waals surface area contributed by atoms with Gasteiger partial charge in [0.25, 0.3) is 0 Å². The Hall–Kier alpha value is -0.760. The van der Waals surface area contributed by atoms with E-state index in [1.165, 1.54) is 44.9 Å². The van der Waals surface area contributed by atoms with Crippen LogP contribution in [0.3, 0.4) is 0 Å². The number of aliphatic imine (C=N–C) groups is 1. The van der Waals surface area contributed by atoms with Crippen LogP contribution < -0.4 is 10.6 Å². The number of halogens is 1. The lowest BCUT2D eigenvalue weighted by Gasteiger charge is -2.47. The van der Waals surface area contributed by atoms with Crippen molar-refractivity contribution >= 4 is 29.9 Å². The molecule has 1 spiro atoms. The maximum Gasteiger partial charge on any atom is 0.191 e. The second kappa shape index (κ2) is 8.94. The first kappa shape index (κ1) is 20.5. The van der Waals surface area contributed by atoms with Gasteiger partial charge in [-0.1, -0.05) is 6.42 Å². The summed E-state index contributed by atoms with van der Waals surface area (Å²) >= 11 is 0. The number of fused-ring (bicyclic) bond motifs is 2. The summed E-state index contributed by atoms with van der Waals surface area (Å²) in [6, 6.07) is 5.07. The van der Waals surface area contributed by atoms with Crippen LogP contribution >= 0.6 is 24.0 Å². The van der Waals surface area contributed by atoms with Crippen LogP contribution in [0.2, 0.25) is 0 Å². The molecule has 4 atom stereocenters. The number of rotatable bonds is 5. The lowest BCUT2D eigenvalue weighted by atomic mass is 9.74. The Morgan fingerprint density at radius 1 is 1.18 bits per heavy atom. The Balaban J connectivity index is 0.00000192. The van der Waals surface area contributed by atoms with Crippen LogP contribution in [0.5, 0.6) is 0 Å². The van der Waals surface area contributed by atoms with Crippen molar-refractivity contribution in [3.63, 3.8) is 0 Å². The third-order valence-electron chi connectivity index (χ3n) is 7.37. The summed E-state index contributed by atoms with van der Waals surface area (Å²) in [6.45, 7) is 1.64. The summed E-state index contributed by atoms with van der Waals surface area (Å²) in [6.07, 6.45) is 14.2. The monoisotopic (exact) mass is 499 g/mol. The fourth-order valence-corrected chi connectivity index (χ4v) is 5.73. The van der Waals surface area contributed by atoms with Crippen molar-refractivity contribution in [3.05, 3.63) is 24.2 Å². The normalized spacial score (nSPS) is 33.4. The molecule has 3 saturated carbocycles. The molecule has 5 nitrogen and oxygen atoms in total. The first-order valence-electron chi connectivity index (χ1n) is 11.0. The van der Waals surface area contributed by atoms with E-state index in [0.717, 1.165) is 56.0 Å². The van der Waals surface area contributed by atoms with Crippen molar-refractivity contribution in [3.8, 4) is 0 Å². The average molecular weight is 499 g/mol. The first-order valence-corrected chi connectivity index (χ1v) is 11.0. The summed E-state index contributed by atoms with van der Waals surface area (Å²) in [5, 5.41) is 7.58. The van der Waals surface area contributed by atoms with E-state index >= 15 is 0 Å². The molecule has 0 aromatic carbocycles. The van der Waals surface area contributed by atoms with Crippen LogP contribution in [-0.2, 0) is 11.2 Å². The summed E-state index contributed by atoms with van der Waals surface area (Å²) in [5.74, 6) is 3.82. The Labute approximate surface area is 185 Å². The van der Waals surface area contributed by atoms with Crippen LogP contribution in [0.4, 0.5) is 0 Å². The molecule has 156 valence electrons. The predicted molar refractivity (Wildman–Crippen MR) is 121 cm³/mol. The molecule has 6 heteroatoms. The zero-order valence-electron chi connectivity index (χ0n) is 16.7. The van der Waals surface area contributed by atoms with E-state index in [1.807, 2.05) is 12.1 Å². The quantitative estimate of drug-likeness (QED) is 0.361. The minimum absolute atomic E-state index is 0. The SMILES string of the molecule is I.c1coc(CCN=C(NC2CCOC3(CCC3)C2)NC2CC3CCC2C3)c1. The van der Waals surface area contributed by atoms with Crippen molar-refractivity contribution in [2.45, 2.75) is 81.9 Å². The number of guanidine groups is 1. The minimum Gasteiger partial charge on any atom is -0.469 e. The highest BCUT2D eigenvalue weighted by Crippen LogP contribution is 2.44. The topological polar surface area (TPSA) is 58.8 Å². The van der Waals surface area contributed by atoms with Crippen LogP contribution in [0, 0.1) is 11.8 Å². The van der Waals surface area contributed by atoms with Crippen molar-refractivity contribution in [2.75, 3.05) is 13.2 Å². The van der Waals surface area contributed by atoms with Crippen LogP contribution in [0.25, 0.3) is 0 Å². The molecule has 4 unspecified atom stereocenters. The highest BCUT2D eigenvalue weighted by atomic mass is 127. The summed E-state index contributed by atoms with van der Waals surface area (Å²) in [4.78, 5) is 4.92. The molecular formula is C22H34IN3O2. The van der Waals surface area contributed by atoms with Gasteiger partial charge >= 0.3 is 0 Å². The first-order chi connectivity index (χ1) is 13.3. The third-order valence-corrected chi connectivity index (χ3v) is 7.37. The summed E-state index contributed by atoms with van der Waals surface area (Å²) in [5.41, 5.74) is 0.168. The Morgan fingerprint density at radius 2 is 2.11 bits per heavy atom. The van der Waals surface area contributed by atoms with Crippen molar-refractivity contribution in [1.82, 2.24) is 10.6 Å². The molecule has 1 aromatic heterocycles. The van der Waals surface area contributed by atoms with E-state index in [-0.39, 0.29) is 29.6 Å². The standard InChI is InChI=1S/C22H33N3O2.HI/c1-3-19(26-11-1)6-10-23-21(25-20-14-16-4-5-17(20)13-16)24-18-7-12-27-22(15-18)8-2-9-22;/h1,3,11,16-18,20H,2,4-10,12-15H2,(H2,23,24,25);1H. The average Bonchev–Trinajstić information content (AvgIpc) is 3.39. The minimum atomic E-state index is 0. The highest BCUT2D eigenvalue weighted by Gasteiger charge is 2.43. The van der Waals surface area contributed by atoms with Crippen molar-refractivity contribution in [2.24, 2.45) is 16.8 Å². The molecule has 2 heterocycles. The van der Waals surface area contributed by atoms with Gasteiger partial charge in [-0.25, -0.2) is 0 Å². The molecule has 4 aliphatic rings. The van der Waals surface area contributed by atoms with E-state index in [0.29, 0.717) is 12.1 Å². The molecule has 1 aromatic rings. The molecule has 0 amide bonds. The Morgan fingerprint density at radius 3 is 2.79 bits per heavy atom. The van der Waals surface area contributed by atoms with Gasteiger partial charge in [-0.3, -0.25) is 4.99 Å². The summed E-state index contributed by atoms with van der Waals surface area (Å²) < 4.78 is 11.6. The number of nitrogens with zero attached hydrogens (tertiary/aromatic N) is 1. The fraction of sp³-hybridized carbons (Fsp3) is 0.773. The van der Waals surface area contributed by atoms with Gasteiger partial charge in [0.1, 0.15) is 5.76 Å². The van der Waals surface area contributed by atoms with E-state index < -0.39 is 0 Å². The van der Waals surface area contributed by atoms with E-state index in [2.05, 4.69) is 10.6 Å². The second-order valence-electron chi connectivity index (χ2n) is 9.20. The molecule has 0 radical (unpaired) electrons. The Kier molecular flexibility index (Phi) is 6.55. The number of hydrogen-bond acceptors (Lipinski definition) is 3. The number of ether oxygens (including phenoxy) is 1. The van der Waals surface area contributed by atoms with Crippen LogP contribution in [0.15, 0.2) is 27.8 Å². The molecule has 4 fully saturated rings. The number of hydrogen-bond donors (Lipinski definition) is 2. The summed E-state index contributed by atoms with van der Waals surface area (Å²) in [7, 11) is 0. The smallest absolute Gasteiger partial charge is 0.191 e. The van der Waals surface area contributed by atoms with Gasteiger partial charge in [0, 0.05) is 31.7 Å². The molecule has 28 heavy (non-hydrogen) atoms. The number of nitrogens with one attached hydrogen (secondary N) is 2. The molecule has 2 bridgehead atoms. The van der Waals surface area contributed by atoms with Gasteiger partial charge in [-0.05, 0) is 75.3 Å². The maximum atomic E-state index is 6.10. The molecule has 3 aliphatic carbocycles. The van der Waals surface area contributed by atoms with Gasteiger partial charge in [-0.15, -0.1) is 24.0 Å². The fourth-order valence-electron chi connectivity index (χ4n) is 5.73. The second-order valence-corrected chi connectivity index (χ2v) is 9.20. The zero-order valence-corrected chi connectivity index (χ0v) is 19.0. The molecule has 1 saturated heterocycles. The molecule has 2 N–H and O–H groups in total. The predicted octanol–water partition coefficient (Wildman–Crippen LogP) is 4.27. The van der Waals surface area contributed by atoms with Gasteiger partial charge in [0.2, 0.25) is 0 Å². The molecular weight excluding hydrogens is 465 g/mol. The highest BCUT2D eigenvalue weighted by molar-refractivity contribution is 14.0. The van der Waals surface area contributed by atoms with Crippen molar-refractivity contribution < 1.29 is 9.15 Å². The van der Waals surface area contributed by atoms with Gasteiger partial charge in [-0.2, -0.15) is 0 Å². The lowest BCUT2D eigenvalue weighted by molar-refractivity contribution is -0.134. The van der Waals surface area contributed by atoms with E-state index in [4.69, 9.17) is 14.1 Å².